The van der Waals surface area contributed by atoms with Gasteiger partial charge in [0, 0.05) is 6.04 Å². The van der Waals surface area contributed by atoms with Gasteiger partial charge in [-0.2, -0.15) is 0 Å². The van der Waals surface area contributed by atoms with Crippen molar-refractivity contribution in [1.82, 2.24) is 5.32 Å². The van der Waals surface area contributed by atoms with Crippen molar-refractivity contribution in [2.75, 3.05) is 0 Å². The Kier molecular flexibility index (Phi) is 4.25. The van der Waals surface area contributed by atoms with Gasteiger partial charge in [-0.3, -0.25) is 9.59 Å². The maximum Gasteiger partial charge on any atom is 0.307 e. The number of hydrogen-bond donors (Lipinski definition) is 2. The van der Waals surface area contributed by atoms with E-state index in [1.807, 2.05) is 0 Å². The lowest BCUT2D eigenvalue weighted by atomic mass is 9.93. The summed E-state index contributed by atoms with van der Waals surface area (Å²) in [6.07, 6.45) is 7.11. The van der Waals surface area contributed by atoms with E-state index < -0.39 is 11.9 Å². The minimum atomic E-state index is -0.818. The summed E-state index contributed by atoms with van der Waals surface area (Å²) in [6, 6.07) is 0.190. The van der Waals surface area contributed by atoms with Crippen LogP contribution in [0.5, 0.6) is 0 Å². The second-order valence-corrected chi connectivity index (χ2v) is 5.82. The Balaban J connectivity index is 1.88. The first-order chi connectivity index (χ1) is 8.59. The second-order valence-electron chi connectivity index (χ2n) is 5.82. The molecule has 0 radical (unpaired) electrons. The average molecular weight is 253 g/mol. The second kappa shape index (κ2) is 5.72. The summed E-state index contributed by atoms with van der Waals surface area (Å²) in [5, 5.41) is 12.1. The van der Waals surface area contributed by atoms with Crippen LogP contribution >= 0.6 is 0 Å². The minimum absolute atomic E-state index is 0.0423. The Labute approximate surface area is 108 Å². The summed E-state index contributed by atoms with van der Waals surface area (Å²) < 4.78 is 0. The molecule has 18 heavy (non-hydrogen) atoms. The fourth-order valence-electron chi connectivity index (χ4n) is 3.48. The molecule has 2 rings (SSSR count). The van der Waals surface area contributed by atoms with E-state index in [4.69, 9.17) is 5.11 Å². The third-order valence-electron chi connectivity index (χ3n) is 4.65. The highest BCUT2D eigenvalue weighted by atomic mass is 16.4. The van der Waals surface area contributed by atoms with Gasteiger partial charge in [0.2, 0.25) is 5.91 Å². The van der Waals surface area contributed by atoms with Crippen molar-refractivity contribution in [3.63, 3.8) is 0 Å². The third kappa shape index (κ3) is 2.85. The summed E-state index contributed by atoms with van der Waals surface area (Å²) in [5.74, 6) is -1.06. The van der Waals surface area contributed by atoms with Crippen molar-refractivity contribution in [3.8, 4) is 0 Å². The number of rotatable bonds is 4. The molecule has 0 aromatic heterocycles. The van der Waals surface area contributed by atoms with E-state index in [0.29, 0.717) is 12.3 Å². The van der Waals surface area contributed by atoms with Crippen LogP contribution in [0.3, 0.4) is 0 Å². The number of carboxylic acids is 1. The molecule has 0 heterocycles. The smallest absolute Gasteiger partial charge is 0.307 e. The summed E-state index contributed by atoms with van der Waals surface area (Å²) >= 11 is 0. The number of amides is 1. The molecule has 1 amide bonds. The molecule has 3 atom stereocenters. The summed E-state index contributed by atoms with van der Waals surface area (Å²) in [7, 11) is 0. The summed E-state index contributed by atoms with van der Waals surface area (Å²) in [4.78, 5) is 23.2. The standard InChI is InChI=1S/C14H23NO3/c1-9(10-5-2-3-6-10)15-13(16)11-7-4-8-12(11)14(17)18/h9-12H,2-8H2,1H3,(H,15,16)(H,17,18)/t9-,11+,12-/m0/s1. The predicted molar refractivity (Wildman–Crippen MR) is 68.0 cm³/mol. The largest absolute Gasteiger partial charge is 0.481 e. The van der Waals surface area contributed by atoms with Crippen LogP contribution in [-0.2, 0) is 9.59 Å². The zero-order chi connectivity index (χ0) is 13.1. The van der Waals surface area contributed by atoms with Crippen molar-refractivity contribution in [2.24, 2.45) is 17.8 Å². The Morgan fingerprint density at radius 2 is 1.67 bits per heavy atom. The van der Waals surface area contributed by atoms with Crippen molar-refractivity contribution >= 4 is 11.9 Å². The summed E-state index contributed by atoms with van der Waals surface area (Å²) in [5.41, 5.74) is 0. The fraction of sp³-hybridized carbons (Fsp3) is 0.857. The highest BCUT2D eigenvalue weighted by Gasteiger charge is 2.38. The number of carbonyl (C=O) groups excluding carboxylic acids is 1. The molecule has 4 heteroatoms. The maximum absolute atomic E-state index is 12.2. The fourth-order valence-corrected chi connectivity index (χ4v) is 3.48. The first-order valence-corrected chi connectivity index (χ1v) is 7.12. The topological polar surface area (TPSA) is 66.4 Å². The molecular weight excluding hydrogens is 230 g/mol. The molecule has 2 saturated carbocycles. The van der Waals surface area contributed by atoms with Gasteiger partial charge < -0.3 is 10.4 Å². The highest BCUT2D eigenvalue weighted by molar-refractivity contribution is 5.85. The van der Waals surface area contributed by atoms with E-state index in [-0.39, 0.29) is 17.9 Å². The Morgan fingerprint density at radius 1 is 1.06 bits per heavy atom. The molecule has 0 bridgehead atoms. The molecule has 0 unspecified atom stereocenters. The van der Waals surface area contributed by atoms with Crippen LogP contribution < -0.4 is 5.32 Å². The lowest BCUT2D eigenvalue weighted by Gasteiger charge is -2.23. The lowest BCUT2D eigenvalue weighted by Crippen LogP contribution is -2.42. The quantitative estimate of drug-likeness (QED) is 0.807. The van der Waals surface area contributed by atoms with Crippen molar-refractivity contribution in [2.45, 2.75) is 57.9 Å². The third-order valence-corrected chi connectivity index (χ3v) is 4.65. The van der Waals surface area contributed by atoms with Gasteiger partial charge in [-0.05, 0) is 38.5 Å². The average Bonchev–Trinajstić information content (AvgIpc) is 3.00. The van der Waals surface area contributed by atoms with Crippen molar-refractivity contribution in [1.29, 1.82) is 0 Å². The zero-order valence-corrected chi connectivity index (χ0v) is 11.0. The maximum atomic E-state index is 12.2. The van der Waals surface area contributed by atoms with E-state index in [0.717, 1.165) is 12.8 Å². The number of carbonyl (C=O) groups is 2. The van der Waals surface area contributed by atoms with Crippen molar-refractivity contribution < 1.29 is 14.7 Å². The van der Waals surface area contributed by atoms with Gasteiger partial charge in [0.15, 0.2) is 0 Å². The van der Waals surface area contributed by atoms with Crippen LogP contribution in [0.1, 0.15) is 51.9 Å². The number of nitrogens with one attached hydrogen (secondary N) is 1. The predicted octanol–water partition coefficient (Wildman–Crippen LogP) is 2.18. The minimum Gasteiger partial charge on any atom is -0.481 e. The molecule has 102 valence electrons. The Hall–Kier alpha value is -1.06. The first-order valence-electron chi connectivity index (χ1n) is 7.12. The SMILES string of the molecule is C[C@H](NC(=O)[C@@H]1CCC[C@@H]1C(=O)O)C1CCCC1. The molecule has 0 aromatic rings. The van der Waals surface area contributed by atoms with E-state index in [2.05, 4.69) is 12.2 Å². The zero-order valence-electron chi connectivity index (χ0n) is 11.0. The molecule has 2 N–H and O–H groups in total. The lowest BCUT2D eigenvalue weighted by molar-refractivity contribution is -0.146. The molecule has 0 spiro atoms. The normalized spacial score (nSPS) is 30.3. The van der Waals surface area contributed by atoms with Crippen LogP contribution in [0, 0.1) is 17.8 Å². The van der Waals surface area contributed by atoms with Crippen LogP contribution in [0.25, 0.3) is 0 Å². The number of aliphatic carboxylic acids is 1. The van der Waals surface area contributed by atoms with Crippen LogP contribution in [0.2, 0.25) is 0 Å². The summed E-state index contributed by atoms with van der Waals surface area (Å²) in [6.45, 7) is 2.05. The van der Waals surface area contributed by atoms with Gasteiger partial charge in [-0.15, -0.1) is 0 Å². The number of carboxylic acid groups (broad SMARTS) is 1. The van der Waals surface area contributed by atoms with Crippen molar-refractivity contribution in [3.05, 3.63) is 0 Å². The van der Waals surface area contributed by atoms with Gasteiger partial charge >= 0.3 is 5.97 Å². The first kappa shape index (κ1) is 13.4. The molecule has 2 aliphatic rings. The van der Waals surface area contributed by atoms with Crippen LogP contribution in [-0.4, -0.2) is 23.0 Å². The molecular formula is C14H23NO3. The van der Waals surface area contributed by atoms with E-state index in [9.17, 15) is 9.59 Å². The number of hydrogen-bond acceptors (Lipinski definition) is 2. The van der Waals surface area contributed by atoms with Gasteiger partial charge in [0.05, 0.1) is 11.8 Å². The van der Waals surface area contributed by atoms with Gasteiger partial charge in [-0.1, -0.05) is 19.3 Å². The van der Waals surface area contributed by atoms with Gasteiger partial charge in [0.1, 0.15) is 0 Å². The Bertz CT molecular complexity index is 323. The van der Waals surface area contributed by atoms with E-state index >= 15 is 0 Å². The molecule has 2 fully saturated rings. The van der Waals surface area contributed by atoms with E-state index in [1.54, 1.807) is 0 Å². The van der Waals surface area contributed by atoms with Gasteiger partial charge in [0.25, 0.3) is 0 Å². The Morgan fingerprint density at radius 3 is 2.28 bits per heavy atom. The molecule has 0 saturated heterocycles. The van der Waals surface area contributed by atoms with E-state index in [1.165, 1.54) is 25.7 Å². The molecule has 2 aliphatic carbocycles. The van der Waals surface area contributed by atoms with Crippen LogP contribution in [0.4, 0.5) is 0 Å². The highest BCUT2D eigenvalue weighted by Crippen LogP contribution is 2.33. The van der Waals surface area contributed by atoms with Gasteiger partial charge in [-0.25, -0.2) is 0 Å². The monoisotopic (exact) mass is 253 g/mol. The molecule has 0 aromatic carbocycles. The molecule has 0 aliphatic heterocycles. The van der Waals surface area contributed by atoms with Crippen LogP contribution in [0.15, 0.2) is 0 Å². The molecule has 4 nitrogen and oxygen atoms in total.